The summed E-state index contributed by atoms with van der Waals surface area (Å²) in [5.74, 6) is -0.547. The SMILES string of the molecule is COc1ccc(CCN(C)CC[C@@H](OCC2CCc3cc(F)ccc3[C@@H]2C(C)C)C(=O)O)c(F)c1OC.Cl. The average molecular weight is 556 g/mol. The zero-order valence-electron chi connectivity index (χ0n) is 22.8. The molecule has 1 aliphatic rings. The monoisotopic (exact) mass is 555 g/mol. The molecule has 2 aromatic carbocycles. The molecule has 1 unspecified atom stereocenters. The number of methoxy groups -OCH3 is 2. The molecule has 38 heavy (non-hydrogen) atoms. The Bertz CT molecular complexity index is 1070. The number of benzene rings is 2. The highest BCUT2D eigenvalue weighted by Gasteiger charge is 2.33. The van der Waals surface area contributed by atoms with Crippen LogP contribution in [0.1, 0.15) is 49.3 Å². The molecule has 3 rings (SSSR count). The number of halogens is 3. The first-order valence-corrected chi connectivity index (χ1v) is 12.9. The molecule has 6 nitrogen and oxygen atoms in total. The first-order chi connectivity index (χ1) is 17.7. The molecular weight excluding hydrogens is 516 g/mol. The van der Waals surface area contributed by atoms with Gasteiger partial charge in [-0.15, -0.1) is 12.4 Å². The number of carboxylic acid groups (broad SMARTS) is 1. The maximum atomic E-state index is 14.7. The molecule has 2 aromatic rings. The van der Waals surface area contributed by atoms with Crippen molar-refractivity contribution in [2.45, 2.75) is 51.6 Å². The highest BCUT2D eigenvalue weighted by molar-refractivity contribution is 5.85. The number of hydrogen-bond acceptors (Lipinski definition) is 5. The van der Waals surface area contributed by atoms with E-state index < -0.39 is 17.9 Å². The van der Waals surface area contributed by atoms with Crippen molar-refractivity contribution in [2.75, 3.05) is 41.0 Å². The van der Waals surface area contributed by atoms with Crippen molar-refractivity contribution in [3.63, 3.8) is 0 Å². The lowest BCUT2D eigenvalue weighted by Crippen LogP contribution is -2.34. The Kier molecular flexibility index (Phi) is 12.3. The second-order valence-corrected chi connectivity index (χ2v) is 10.2. The van der Waals surface area contributed by atoms with Crippen LogP contribution < -0.4 is 9.47 Å². The lowest BCUT2D eigenvalue weighted by molar-refractivity contribution is -0.152. The van der Waals surface area contributed by atoms with Gasteiger partial charge < -0.3 is 24.2 Å². The molecule has 0 amide bonds. The quantitative estimate of drug-likeness (QED) is 0.340. The van der Waals surface area contributed by atoms with Crippen LogP contribution in [0.3, 0.4) is 0 Å². The molecule has 0 fully saturated rings. The number of aryl methyl sites for hydroxylation is 1. The van der Waals surface area contributed by atoms with Crippen molar-refractivity contribution < 1.29 is 32.9 Å². The number of hydrogen-bond donors (Lipinski definition) is 1. The third kappa shape index (κ3) is 7.80. The van der Waals surface area contributed by atoms with Gasteiger partial charge >= 0.3 is 5.97 Å². The molecule has 3 atom stereocenters. The summed E-state index contributed by atoms with van der Waals surface area (Å²) in [6.07, 6.45) is 1.43. The summed E-state index contributed by atoms with van der Waals surface area (Å²) in [6, 6.07) is 8.34. The number of nitrogens with zero attached hydrogens (tertiary/aromatic N) is 1. The first kappa shape index (κ1) is 31.8. The fourth-order valence-corrected chi connectivity index (χ4v) is 5.38. The molecule has 1 N–H and O–H groups in total. The van der Waals surface area contributed by atoms with Gasteiger partial charge in [-0.3, -0.25) is 0 Å². The van der Waals surface area contributed by atoms with E-state index in [9.17, 15) is 18.7 Å². The molecule has 0 bridgehead atoms. The number of ether oxygens (including phenoxy) is 3. The van der Waals surface area contributed by atoms with Gasteiger partial charge in [0.25, 0.3) is 0 Å². The lowest BCUT2D eigenvalue weighted by Gasteiger charge is -2.36. The average Bonchev–Trinajstić information content (AvgIpc) is 2.86. The number of fused-ring (bicyclic) bond motifs is 1. The summed E-state index contributed by atoms with van der Waals surface area (Å²) in [5.41, 5.74) is 2.69. The van der Waals surface area contributed by atoms with Crippen LogP contribution >= 0.6 is 12.4 Å². The van der Waals surface area contributed by atoms with Crippen LogP contribution in [0.2, 0.25) is 0 Å². The van der Waals surface area contributed by atoms with Crippen LogP contribution in [-0.2, 0) is 22.4 Å². The summed E-state index contributed by atoms with van der Waals surface area (Å²) in [4.78, 5) is 13.9. The summed E-state index contributed by atoms with van der Waals surface area (Å²) >= 11 is 0. The maximum Gasteiger partial charge on any atom is 0.332 e. The van der Waals surface area contributed by atoms with E-state index in [4.69, 9.17) is 14.2 Å². The molecule has 9 heteroatoms. The fourth-order valence-electron chi connectivity index (χ4n) is 5.38. The van der Waals surface area contributed by atoms with Gasteiger partial charge in [-0.1, -0.05) is 26.0 Å². The zero-order valence-corrected chi connectivity index (χ0v) is 23.7. The lowest BCUT2D eigenvalue weighted by atomic mass is 9.70. The Labute approximate surface area is 230 Å². The smallest absolute Gasteiger partial charge is 0.332 e. The van der Waals surface area contributed by atoms with Gasteiger partial charge in [-0.2, -0.15) is 0 Å². The minimum atomic E-state index is -0.987. The van der Waals surface area contributed by atoms with Crippen LogP contribution in [0.25, 0.3) is 0 Å². The van der Waals surface area contributed by atoms with Crippen LogP contribution in [0.4, 0.5) is 8.78 Å². The van der Waals surface area contributed by atoms with E-state index in [0.717, 1.165) is 24.0 Å². The molecule has 1 aliphatic carbocycles. The van der Waals surface area contributed by atoms with E-state index in [0.29, 0.717) is 49.8 Å². The number of carboxylic acids is 1. The van der Waals surface area contributed by atoms with E-state index in [1.807, 2.05) is 18.0 Å². The zero-order chi connectivity index (χ0) is 27.1. The standard InChI is InChI=1S/C29H39F2NO5.ClH/c1-18(2)26-21(7-6-20-16-22(30)9-10-23(20)26)17-37-25(29(33)34)13-15-32(3)14-12-19-8-11-24(35-4)28(36-5)27(19)31;/h8-11,16,18,21,25-26H,6-7,12-15,17H2,1-5H3,(H,33,34);1H/t21?,25-,26-;/m1./s1. The summed E-state index contributed by atoms with van der Waals surface area (Å²) in [6.45, 7) is 5.66. The minimum Gasteiger partial charge on any atom is -0.493 e. The van der Waals surface area contributed by atoms with Crippen LogP contribution in [0.5, 0.6) is 11.5 Å². The van der Waals surface area contributed by atoms with E-state index in [1.54, 1.807) is 18.2 Å². The van der Waals surface area contributed by atoms with E-state index in [1.165, 1.54) is 20.3 Å². The van der Waals surface area contributed by atoms with Gasteiger partial charge in [0.2, 0.25) is 0 Å². The molecule has 0 heterocycles. The van der Waals surface area contributed by atoms with Gasteiger partial charge in [0.05, 0.1) is 20.8 Å². The van der Waals surface area contributed by atoms with Crippen LogP contribution in [0, 0.1) is 23.5 Å². The van der Waals surface area contributed by atoms with Gasteiger partial charge in [0.1, 0.15) is 5.82 Å². The Balaban J connectivity index is 0.00000507. The molecule has 0 saturated carbocycles. The largest absolute Gasteiger partial charge is 0.493 e. The summed E-state index contributed by atoms with van der Waals surface area (Å²) < 4.78 is 44.7. The summed E-state index contributed by atoms with van der Waals surface area (Å²) in [7, 11) is 4.74. The Hall–Kier alpha value is -2.42. The number of rotatable bonds is 13. The molecule has 0 saturated heterocycles. The third-order valence-electron chi connectivity index (χ3n) is 7.36. The van der Waals surface area contributed by atoms with Crippen LogP contribution in [0.15, 0.2) is 30.3 Å². The Morgan fingerprint density at radius 1 is 1.13 bits per heavy atom. The fraction of sp³-hybridized carbons (Fsp3) is 0.552. The normalized spacial score (nSPS) is 17.6. The second-order valence-electron chi connectivity index (χ2n) is 10.2. The Morgan fingerprint density at radius 2 is 1.87 bits per heavy atom. The minimum absolute atomic E-state index is 0. The molecule has 212 valence electrons. The first-order valence-electron chi connectivity index (χ1n) is 12.9. The second kappa shape index (κ2) is 14.7. The highest BCUT2D eigenvalue weighted by Crippen LogP contribution is 2.41. The number of likely N-dealkylation sites (N-methyl/N-ethyl adjacent to an activating group) is 1. The van der Waals surface area contributed by atoms with Gasteiger partial charge in [-0.05, 0) is 85.4 Å². The number of carbonyl (C=O) groups is 1. The van der Waals surface area contributed by atoms with Crippen LogP contribution in [-0.4, -0.2) is 63.0 Å². The molecular formula is C29H40ClF2NO5. The van der Waals surface area contributed by atoms with Crippen molar-refractivity contribution in [3.8, 4) is 11.5 Å². The van der Waals surface area contributed by atoms with Crippen molar-refractivity contribution in [1.29, 1.82) is 0 Å². The van der Waals surface area contributed by atoms with E-state index in [2.05, 4.69) is 13.8 Å². The maximum absolute atomic E-state index is 14.7. The van der Waals surface area contributed by atoms with Crippen molar-refractivity contribution in [1.82, 2.24) is 4.90 Å². The van der Waals surface area contributed by atoms with Crippen molar-refractivity contribution in [2.24, 2.45) is 11.8 Å². The predicted molar refractivity (Wildman–Crippen MR) is 146 cm³/mol. The topological polar surface area (TPSA) is 68.2 Å². The van der Waals surface area contributed by atoms with E-state index in [-0.39, 0.29) is 35.8 Å². The van der Waals surface area contributed by atoms with Crippen molar-refractivity contribution >= 4 is 18.4 Å². The van der Waals surface area contributed by atoms with Gasteiger partial charge in [-0.25, -0.2) is 13.6 Å². The summed E-state index contributed by atoms with van der Waals surface area (Å²) in [5, 5.41) is 9.77. The Morgan fingerprint density at radius 3 is 2.50 bits per heavy atom. The highest BCUT2D eigenvalue weighted by atomic mass is 35.5. The van der Waals surface area contributed by atoms with E-state index >= 15 is 0 Å². The molecule has 0 radical (unpaired) electrons. The predicted octanol–water partition coefficient (Wildman–Crippen LogP) is 5.74. The van der Waals surface area contributed by atoms with Crippen molar-refractivity contribution in [3.05, 3.63) is 58.7 Å². The third-order valence-corrected chi connectivity index (χ3v) is 7.36. The van der Waals surface area contributed by atoms with Gasteiger partial charge in [0.15, 0.2) is 23.4 Å². The molecule has 0 aromatic heterocycles. The molecule has 0 spiro atoms. The number of aliphatic carboxylic acids is 1. The molecule has 0 aliphatic heterocycles. The van der Waals surface area contributed by atoms with Gasteiger partial charge in [0, 0.05) is 13.1 Å².